The molecule has 1 aliphatic rings. The molecule has 0 aromatic carbocycles. The Morgan fingerprint density at radius 3 is 3.27 bits per heavy atom. The van der Waals surface area contributed by atoms with Crippen LogP contribution >= 0.6 is 23.1 Å². The van der Waals surface area contributed by atoms with Crippen LogP contribution in [0.5, 0.6) is 0 Å². The van der Waals surface area contributed by atoms with E-state index in [2.05, 4.69) is 11.6 Å². The number of thioether (sulfide) groups is 1. The molecular formula is C10H12N2OS2. The van der Waals surface area contributed by atoms with Crippen molar-refractivity contribution in [3.05, 3.63) is 29.2 Å². The fraction of sp³-hybridized carbons (Fsp3) is 0.400. The van der Waals surface area contributed by atoms with Crippen molar-refractivity contribution < 1.29 is 4.79 Å². The third-order valence-corrected chi connectivity index (χ3v) is 4.22. The molecule has 0 bridgehead atoms. The zero-order valence-electron chi connectivity index (χ0n) is 8.26. The van der Waals surface area contributed by atoms with Crippen LogP contribution in [0.2, 0.25) is 0 Å². The van der Waals surface area contributed by atoms with Gasteiger partial charge >= 0.3 is 0 Å². The van der Waals surface area contributed by atoms with Gasteiger partial charge in [0.05, 0.1) is 6.04 Å². The van der Waals surface area contributed by atoms with Gasteiger partial charge in [-0.3, -0.25) is 4.79 Å². The van der Waals surface area contributed by atoms with Crippen LogP contribution in [0.25, 0.3) is 0 Å². The minimum Gasteiger partial charge on any atom is -0.328 e. The molecule has 1 aromatic heterocycles. The van der Waals surface area contributed by atoms with Gasteiger partial charge in [0.15, 0.2) is 0 Å². The van der Waals surface area contributed by atoms with Crippen LogP contribution in [0.4, 0.5) is 0 Å². The molecule has 1 fully saturated rings. The summed E-state index contributed by atoms with van der Waals surface area (Å²) in [7, 11) is 0. The molecule has 80 valence electrons. The number of amides is 1. The molecule has 0 aliphatic carbocycles. The quantitative estimate of drug-likeness (QED) is 0.741. The van der Waals surface area contributed by atoms with E-state index in [-0.39, 0.29) is 11.9 Å². The van der Waals surface area contributed by atoms with Crippen molar-refractivity contribution in [2.45, 2.75) is 6.04 Å². The third-order valence-electron chi connectivity index (χ3n) is 2.32. The van der Waals surface area contributed by atoms with Crippen molar-refractivity contribution in [1.82, 2.24) is 9.88 Å². The number of hydrogen-bond acceptors (Lipinski definition) is 4. The van der Waals surface area contributed by atoms with Gasteiger partial charge in [0, 0.05) is 29.6 Å². The number of hydrogen-bond donors (Lipinski definition) is 0. The maximum Gasteiger partial charge on any atom is 0.246 e. The lowest BCUT2D eigenvalue weighted by atomic mass is 10.2. The summed E-state index contributed by atoms with van der Waals surface area (Å²) in [5.74, 6) is 1.95. The van der Waals surface area contributed by atoms with E-state index < -0.39 is 0 Å². The average Bonchev–Trinajstić information content (AvgIpc) is 2.81. The molecule has 15 heavy (non-hydrogen) atoms. The molecule has 3 nitrogen and oxygen atoms in total. The van der Waals surface area contributed by atoms with Crippen LogP contribution in [0, 0.1) is 0 Å². The second-order valence-electron chi connectivity index (χ2n) is 3.20. The molecule has 0 radical (unpaired) electrons. The van der Waals surface area contributed by atoms with E-state index in [9.17, 15) is 4.79 Å². The van der Waals surface area contributed by atoms with Gasteiger partial charge < -0.3 is 4.90 Å². The third kappa shape index (κ3) is 2.23. The molecule has 2 heterocycles. The number of thiazole rings is 1. The first-order valence-electron chi connectivity index (χ1n) is 4.73. The SMILES string of the molecule is C=CC(=O)N1CCSCC1c1nccs1. The van der Waals surface area contributed by atoms with Gasteiger partial charge in [0.25, 0.3) is 0 Å². The first-order chi connectivity index (χ1) is 7.33. The monoisotopic (exact) mass is 240 g/mol. The number of carbonyl (C=O) groups excluding carboxylic acids is 1. The number of carbonyl (C=O) groups is 1. The van der Waals surface area contributed by atoms with E-state index in [1.807, 2.05) is 22.0 Å². The maximum absolute atomic E-state index is 11.6. The Morgan fingerprint density at radius 1 is 1.73 bits per heavy atom. The Kier molecular flexibility index (Phi) is 3.43. The molecule has 1 atom stereocenters. The minimum atomic E-state index is 0.00972. The summed E-state index contributed by atoms with van der Waals surface area (Å²) in [4.78, 5) is 17.8. The highest BCUT2D eigenvalue weighted by Crippen LogP contribution is 2.30. The molecule has 2 rings (SSSR count). The summed E-state index contributed by atoms with van der Waals surface area (Å²) in [6, 6.07) is 0.134. The number of aromatic nitrogens is 1. The molecule has 1 aromatic rings. The van der Waals surface area contributed by atoms with E-state index in [1.54, 1.807) is 17.5 Å². The summed E-state index contributed by atoms with van der Waals surface area (Å²) in [5.41, 5.74) is 0. The van der Waals surface area contributed by atoms with Gasteiger partial charge in [-0.2, -0.15) is 11.8 Å². The zero-order chi connectivity index (χ0) is 10.7. The molecule has 1 unspecified atom stereocenters. The van der Waals surface area contributed by atoms with Crippen LogP contribution in [0.3, 0.4) is 0 Å². The van der Waals surface area contributed by atoms with Crippen molar-refractivity contribution in [3.8, 4) is 0 Å². The fourth-order valence-corrected chi connectivity index (χ4v) is 3.50. The van der Waals surface area contributed by atoms with E-state index >= 15 is 0 Å². The lowest BCUT2D eigenvalue weighted by Gasteiger charge is -2.33. The van der Waals surface area contributed by atoms with Crippen molar-refractivity contribution in [1.29, 1.82) is 0 Å². The summed E-state index contributed by atoms with van der Waals surface area (Å²) in [5, 5.41) is 2.97. The van der Waals surface area contributed by atoms with E-state index in [0.29, 0.717) is 0 Å². The highest BCUT2D eigenvalue weighted by atomic mass is 32.2. The smallest absolute Gasteiger partial charge is 0.246 e. The molecule has 1 aliphatic heterocycles. The second-order valence-corrected chi connectivity index (χ2v) is 5.27. The lowest BCUT2D eigenvalue weighted by Crippen LogP contribution is -2.39. The Hall–Kier alpha value is -0.810. The zero-order valence-corrected chi connectivity index (χ0v) is 9.89. The van der Waals surface area contributed by atoms with Crippen LogP contribution in [-0.4, -0.2) is 33.8 Å². The summed E-state index contributed by atoms with van der Waals surface area (Å²) in [6.45, 7) is 4.33. The van der Waals surface area contributed by atoms with Crippen LogP contribution in [0.1, 0.15) is 11.0 Å². The average molecular weight is 240 g/mol. The van der Waals surface area contributed by atoms with Crippen molar-refractivity contribution in [2.24, 2.45) is 0 Å². The first-order valence-corrected chi connectivity index (χ1v) is 6.76. The van der Waals surface area contributed by atoms with Gasteiger partial charge in [-0.25, -0.2) is 4.98 Å². The maximum atomic E-state index is 11.6. The molecular weight excluding hydrogens is 228 g/mol. The number of nitrogens with zero attached hydrogens (tertiary/aromatic N) is 2. The van der Waals surface area contributed by atoms with Crippen molar-refractivity contribution in [2.75, 3.05) is 18.1 Å². The standard InChI is InChI=1S/C10H12N2OS2/c1-2-9(13)12-4-6-14-7-8(12)10-11-3-5-15-10/h2-3,5,8H,1,4,6-7H2. The molecule has 0 saturated carbocycles. The predicted molar refractivity (Wildman–Crippen MR) is 64.1 cm³/mol. The summed E-state index contributed by atoms with van der Waals surface area (Å²) < 4.78 is 0. The highest BCUT2D eigenvalue weighted by Gasteiger charge is 2.28. The molecule has 0 N–H and O–H groups in total. The largest absolute Gasteiger partial charge is 0.328 e. The lowest BCUT2D eigenvalue weighted by molar-refractivity contribution is -0.127. The van der Waals surface area contributed by atoms with Crippen molar-refractivity contribution in [3.63, 3.8) is 0 Å². The van der Waals surface area contributed by atoms with E-state index in [0.717, 1.165) is 23.1 Å². The van der Waals surface area contributed by atoms with Crippen LogP contribution in [0.15, 0.2) is 24.2 Å². The molecule has 5 heteroatoms. The Bertz CT molecular complexity index is 350. The van der Waals surface area contributed by atoms with E-state index in [4.69, 9.17) is 0 Å². The van der Waals surface area contributed by atoms with Crippen LogP contribution in [-0.2, 0) is 4.79 Å². The minimum absolute atomic E-state index is 0.00972. The Balaban J connectivity index is 2.20. The number of rotatable bonds is 2. The van der Waals surface area contributed by atoms with Gasteiger partial charge in [0.1, 0.15) is 5.01 Å². The normalized spacial score (nSPS) is 21.3. The highest BCUT2D eigenvalue weighted by molar-refractivity contribution is 7.99. The molecule has 1 amide bonds. The van der Waals surface area contributed by atoms with Gasteiger partial charge in [0.2, 0.25) is 5.91 Å². The van der Waals surface area contributed by atoms with Crippen molar-refractivity contribution >= 4 is 29.0 Å². The first kappa shape index (κ1) is 10.7. The second kappa shape index (κ2) is 4.81. The van der Waals surface area contributed by atoms with E-state index in [1.165, 1.54) is 6.08 Å². The predicted octanol–water partition coefficient (Wildman–Crippen LogP) is 1.95. The summed E-state index contributed by atoms with van der Waals surface area (Å²) >= 11 is 3.48. The van der Waals surface area contributed by atoms with Gasteiger partial charge in [-0.15, -0.1) is 11.3 Å². The Morgan fingerprint density at radius 2 is 2.60 bits per heavy atom. The summed E-state index contributed by atoms with van der Waals surface area (Å²) in [6.07, 6.45) is 3.17. The molecule has 0 spiro atoms. The van der Waals surface area contributed by atoms with Gasteiger partial charge in [-0.1, -0.05) is 6.58 Å². The van der Waals surface area contributed by atoms with Gasteiger partial charge in [-0.05, 0) is 6.08 Å². The fourth-order valence-electron chi connectivity index (χ4n) is 1.59. The topological polar surface area (TPSA) is 33.2 Å². The molecule has 1 saturated heterocycles. The van der Waals surface area contributed by atoms with Crippen LogP contribution < -0.4 is 0 Å². The Labute approximate surface area is 97.2 Å².